The zero-order chi connectivity index (χ0) is 14.2. The van der Waals surface area contributed by atoms with E-state index in [1.165, 1.54) is 4.90 Å². The highest BCUT2D eigenvalue weighted by atomic mass is 32.2. The fraction of sp³-hybridized carbons (Fsp3) is 0.0588. The Bertz CT molecular complexity index is 871. The Morgan fingerprint density at radius 2 is 1.76 bits per heavy atom. The largest absolute Gasteiger partial charge is 0.306 e. The number of thioether (sulfide) groups is 1. The molecule has 0 saturated carbocycles. The standard InChI is InChI=1S/C17H12N2OS/c20-17-13-10-21-14-9-5-4-8-12(14)15(13)18-16(19-17)11-6-2-1-3-7-11/h1-9H,10H2,(H,18,19,20). The van der Waals surface area contributed by atoms with Gasteiger partial charge in [-0.2, -0.15) is 0 Å². The monoisotopic (exact) mass is 292 g/mol. The summed E-state index contributed by atoms with van der Waals surface area (Å²) in [4.78, 5) is 21.2. The lowest BCUT2D eigenvalue weighted by Crippen LogP contribution is -2.18. The first-order valence-electron chi connectivity index (χ1n) is 6.74. The number of benzene rings is 2. The van der Waals surface area contributed by atoms with E-state index in [0.717, 1.165) is 22.4 Å². The molecule has 1 N–H and O–H groups in total. The molecule has 2 heterocycles. The van der Waals surface area contributed by atoms with Gasteiger partial charge in [-0.05, 0) is 6.07 Å². The molecular weight excluding hydrogens is 280 g/mol. The van der Waals surface area contributed by atoms with Crippen LogP contribution in [0.15, 0.2) is 64.3 Å². The van der Waals surface area contributed by atoms with E-state index in [2.05, 4.69) is 11.1 Å². The molecule has 1 aliphatic rings. The maximum absolute atomic E-state index is 12.4. The average Bonchev–Trinajstić information content (AvgIpc) is 2.55. The maximum Gasteiger partial charge on any atom is 0.255 e. The lowest BCUT2D eigenvalue weighted by atomic mass is 10.1. The second-order valence-corrected chi connectivity index (χ2v) is 5.91. The molecule has 0 amide bonds. The van der Waals surface area contributed by atoms with Crippen molar-refractivity contribution < 1.29 is 0 Å². The van der Waals surface area contributed by atoms with Crippen molar-refractivity contribution in [3.63, 3.8) is 0 Å². The number of fused-ring (bicyclic) bond motifs is 3. The highest BCUT2D eigenvalue weighted by Gasteiger charge is 2.21. The summed E-state index contributed by atoms with van der Waals surface area (Å²) in [7, 11) is 0. The zero-order valence-corrected chi connectivity index (χ0v) is 12.0. The third kappa shape index (κ3) is 2.08. The molecule has 3 nitrogen and oxygen atoms in total. The number of nitrogens with one attached hydrogen (secondary N) is 1. The van der Waals surface area contributed by atoms with Gasteiger partial charge in [-0.3, -0.25) is 4.79 Å². The molecular formula is C17H12N2OS. The fourth-order valence-corrected chi connectivity index (χ4v) is 3.59. The highest BCUT2D eigenvalue weighted by molar-refractivity contribution is 7.98. The fourth-order valence-electron chi connectivity index (χ4n) is 2.53. The van der Waals surface area contributed by atoms with E-state index in [1.54, 1.807) is 11.8 Å². The SMILES string of the molecule is O=c1[nH]c(-c2ccccc2)nc2c1CSc1ccccc1-2. The summed E-state index contributed by atoms with van der Waals surface area (Å²) < 4.78 is 0. The van der Waals surface area contributed by atoms with Crippen molar-refractivity contribution in [2.75, 3.05) is 0 Å². The number of hydrogen-bond donors (Lipinski definition) is 1. The minimum absolute atomic E-state index is 0.0409. The van der Waals surface area contributed by atoms with Crippen LogP contribution < -0.4 is 5.56 Å². The Kier molecular flexibility index (Phi) is 2.89. The van der Waals surface area contributed by atoms with Gasteiger partial charge < -0.3 is 4.98 Å². The van der Waals surface area contributed by atoms with Crippen LogP contribution in [0.3, 0.4) is 0 Å². The van der Waals surface area contributed by atoms with Gasteiger partial charge in [0.15, 0.2) is 0 Å². The minimum Gasteiger partial charge on any atom is -0.306 e. The number of H-pyrrole nitrogens is 1. The first-order valence-corrected chi connectivity index (χ1v) is 7.72. The highest BCUT2D eigenvalue weighted by Crippen LogP contribution is 2.39. The summed E-state index contributed by atoms with van der Waals surface area (Å²) in [6.07, 6.45) is 0. The summed E-state index contributed by atoms with van der Waals surface area (Å²) in [5.41, 5.74) is 3.51. The zero-order valence-electron chi connectivity index (χ0n) is 11.2. The minimum atomic E-state index is -0.0409. The van der Waals surface area contributed by atoms with Crippen molar-refractivity contribution in [1.29, 1.82) is 0 Å². The maximum atomic E-state index is 12.4. The van der Waals surface area contributed by atoms with Gasteiger partial charge in [-0.1, -0.05) is 48.5 Å². The predicted octanol–water partition coefficient (Wildman–Crippen LogP) is 3.71. The molecule has 0 saturated heterocycles. The molecule has 0 fully saturated rings. The Labute approximate surface area is 126 Å². The molecule has 0 unspecified atom stereocenters. The number of nitrogens with zero attached hydrogens (tertiary/aromatic N) is 1. The number of hydrogen-bond acceptors (Lipinski definition) is 3. The molecule has 102 valence electrons. The van der Waals surface area contributed by atoms with E-state index >= 15 is 0 Å². The Hall–Kier alpha value is -2.33. The topological polar surface area (TPSA) is 45.8 Å². The van der Waals surface area contributed by atoms with Gasteiger partial charge in [-0.15, -0.1) is 11.8 Å². The molecule has 0 radical (unpaired) electrons. The van der Waals surface area contributed by atoms with Gasteiger partial charge in [-0.25, -0.2) is 4.98 Å². The van der Waals surface area contributed by atoms with Crippen LogP contribution in [0.1, 0.15) is 5.56 Å². The third-order valence-electron chi connectivity index (χ3n) is 3.58. The summed E-state index contributed by atoms with van der Waals surface area (Å²) in [5, 5.41) is 0. The Balaban J connectivity index is 1.97. The quantitative estimate of drug-likeness (QED) is 0.743. The first-order chi connectivity index (χ1) is 10.3. The van der Waals surface area contributed by atoms with Crippen LogP contribution in [-0.2, 0) is 5.75 Å². The van der Waals surface area contributed by atoms with Crippen molar-refractivity contribution in [3.05, 3.63) is 70.5 Å². The molecule has 3 aromatic rings. The van der Waals surface area contributed by atoms with E-state index in [-0.39, 0.29) is 5.56 Å². The summed E-state index contributed by atoms with van der Waals surface area (Å²) in [6, 6.07) is 17.8. The van der Waals surface area contributed by atoms with Crippen LogP contribution >= 0.6 is 11.8 Å². The molecule has 0 atom stereocenters. The van der Waals surface area contributed by atoms with E-state index in [4.69, 9.17) is 4.98 Å². The molecule has 1 aromatic heterocycles. The van der Waals surface area contributed by atoms with Gasteiger partial charge in [0, 0.05) is 21.8 Å². The van der Waals surface area contributed by atoms with Gasteiger partial charge >= 0.3 is 0 Å². The first kappa shape index (κ1) is 12.4. The van der Waals surface area contributed by atoms with Gasteiger partial charge in [0.05, 0.1) is 11.3 Å². The third-order valence-corrected chi connectivity index (χ3v) is 4.68. The van der Waals surface area contributed by atoms with Crippen LogP contribution in [0.25, 0.3) is 22.6 Å². The van der Waals surface area contributed by atoms with Gasteiger partial charge in [0.2, 0.25) is 0 Å². The lowest BCUT2D eigenvalue weighted by Gasteiger charge is -2.18. The smallest absolute Gasteiger partial charge is 0.255 e. The molecule has 2 aromatic carbocycles. The van der Waals surface area contributed by atoms with Crippen molar-refractivity contribution in [2.45, 2.75) is 10.6 Å². The average molecular weight is 292 g/mol. The van der Waals surface area contributed by atoms with Crippen molar-refractivity contribution >= 4 is 11.8 Å². The van der Waals surface area contributed by atoms with Crippen molar-refractivity contribution in [2.24, 2.45) is 0 Å². The summed E-state index contributed by atoms with van der Waals surface area (Å²) in [6.45, 7) is 0. The molecule has 0 spiro atoms. The summed E-state index contributed by atoms with van der Waals surface area (Å²) in [5.74, 6) is 1.30. The Morgan fingerprint density at radius 3 is 2.62 bits per heavy atom. The molecule has 4 heteroatoms. The molecule has 1 aliphatic heterocycles. The van der Waals surface area contributed by atoms with Gasteiger partial charge in [0.1, 0.15) is 5.82 Å². The van der Waals surface area contributed by atoms with E-state index in [1.807, 2.05) is 48.5 Å². The predicted molar refractivity (Wildman–Crippen MR) is 85.3 cm³/mol. The number of rotatable bonds is 1. The normalized spacial score (nSPS) is 12.6. The molecule has 4 rings (SSSR count). The Morgan fingerprint density at radius 1 is 1.00 bits per heavy atom. The van der Waals surface area contributed by atoms with Crippen LogP contribution in [0, 0.1) is 0 Å². The molecule has 21 heavy (non-hydrogen) atoms. The lowest BCUT2D eigenvalue weighted by molar-refractivity contribution is 1.07. The second kappa shape index (κ2) is 4.90. The second-order valence-electron chi connectivity index (χ2n) is 4.89. The molecule has 0 bridgehead atoms. The number of aromatic nitrogens is 2. The van der Waals surface area contributed by atoms with E-state index in [9.17, 15) is 4.79 Å². The van der Waals surface area contributed by atoms with Crippen LogP contribution in [0.2, 0.25) is 0 Å². The van der Waals surface area contributed by atoms with E-state index in [0.29, 0.717) is 11.6 Å². The van der Waals surface area contributed by atoms with E-state index < -0.39 is 0 Å². The van der Waals surface area contributed by atoms with Gasteiger partial charge in [0.25, 0.3) is 5.56 Å². The van der Waals surface area contributed by atoms with Crippen LogP contribution in [0.5, 0.6) is 0 Å². The summed E-state index contributed by atoms with van der Waals surface area (Å²) >= 11 is 1.69. The van der Waals surface area contributed by atoms with Crippen LogP contribution in [-0.4, -0.2) is 9.97 Å². The molecule has 0 aliphatic carbocycles. The van der Waals surface area contributed by atoms with Crippen molar-refractivity contribution in [3.8, 4) is 22.6 Å². The number of aromatic amines is 1. The van der Waals surface area contributed by atoms with Crippen LogP contribution in [0.4, 0.5) is 0 Å². The van der Waals surface area contributed by atoms with Crippen molar-refractivity contribution in [1.82, 2.24) is 9.97 Å².